The molecular weight excluding hydrogens is 176 g/mol. The lowest BCUT2D eigenvalue weighted by Crippen LogP contribution is -2.05. The van der Waals surface area contributed by atoms with Gasteiger partial charge >= 0.3 is 5.97 Å². The maximum atomic E-state index is 11.1. The number of halogens is 1. The molecule has 0 aromatic heterocycles. The second-order valence-electron chi connectivity index (χ2n) is 2.82. The second-order valence-corrected chi connectivity index (χ2v) is 3.26. The summed E-state index contributed by atoms with van der Waals surface area (Å²) in [4.78, 5) is 11.1. The lowest BCUT2D eigenvalue weighted by molar-refractivity contribution is -0.133. The maximum Gasteiger partial charge on any atom is 0.318 e. The number of hydrogen-bond donors (Lipinski definition) is 0. The maximum absolute atomic E-state index is 11.1. The van der Waals surface area contributed by atoms with Gasteiger partial charge < -0.3 is 4.74 Å². The third kappa shape index (κ3) is 0.994. The number of benzene rings is 1. The van der Waals surface area contributed by atoms with Gasteiger partial charge in [0.15, 0.2) is 0 Å². The van der Waals surface area contributed by atoms with E-state index in [1.54, 1.807) is 18.2 Å². The normalized spacial score (nSPS) is 20.5. The molecule has 1 aromatic carbocycles. The average molecular weight is 183 g/mol. The van der Waals surface area contributed by atoms with Crippen molar-refractivity contribution in [1.29, 1.82) is 0 Å². The van der Waals surface area contributed by atoms with Gasteiger partial charge in [0.05, 0.1) is 5.92 Å². The minimum absolute atomic E-state index is 0.182. The van der Waals surface area contributed by atoms with E-state index >= 15 is 0 Å². The van der Waals surface area contributed by atoms with E-state index in [4.69, 9.17) is 16.3 Å². The van der Waals surface area contributed by atoms with Gasteiger partial charge in [0.2, 0.25) is 0 Å². The number of ether oxygens (including phenoxy) is 1. The van der Waals surface area contributed by atoms with Gasteiger partial charge in [-0.1, -0.05) is 11.6 Å². The van der Waals surface area contributed by atoms with E-state index in [1.807, 2.05) is 6.92 Å². The predicted molar refractivity (Wildman–Crippen MR) is 45.5 cm³/mol. The van der Waals surface area contributed by atoms with Crippen LogP contribution in [-0.2, 0) is 4.79 Å². The number of carbonyl (C=O) groups excluding carboxylic acids is 1. The van der Waals surface area contributed by atoms with Crippen molar-refractivity contribution in [2.75, 3.05) is 0 Å². The van der Waals surface area contributed by atoms with Crippen molar-refractivity contribution in [3.8, 4) is 5.75 Å². The number of hydrogen-bond acceptors (Lipinski definition) is 2. The Morgan fingerprint density at radius 2 is 2.25 bits per heavy atom. The van der Waals surface area contributed by atoms with Gasteiger partial charge in [0, 0.05) is 10.6 Å². The van der Waals surface area contributed by atoms with E-state index in [0.29, 0.717) is 10.8 Å². The highest BCUT2D eigenvalue weighted by Crippen LogP contribution is 2.35. The Morgan fingerprint density at radius 1 is 1.50 bits per heavy atom. The van der Waals surface area contributed by atoms with Crippen molar-refractivity contribution in [1.82, 2.24) is 0 Å². The van der Waals surface area contributed by atoms with Gasteiger partial charge in [-0.25, -0.2) is 0 Å². The van der Waals surface area contributed by atoms with Crippen molar-refractivity contribution in [3.05, 3.63) is 28.8 Å². The zero-order valence-electron chi connectivity index (χ0n) is 6.50. The van der Waals surface area contributed by atoms with E-state index in [1.165, 1.54) is 0 Å². The Kier molecular flexibility index (Phi) is 1.58. The van der Waals surface area contributed by atoms with Crippen LogP contribution in [0.3, 0.4) is 0 Å². The lowest BCUT2D eigenvalue weighted by Gasteiger charge is -1.97. The highest BCUT2D eigenvalue weighted by Gasteiger charge is 2.28. The van der Waals surface area contributed by atoms with E-state index in [0.717, 1.165) is 5.56 Å². The van der Waals surface area contributed by atoms with Crippen LogP contribution in [-0.4, -0.2) is 5.97 Å². The molecule has 1 aliphatic rings. The Hall–Kier alpha value is -1.02. The molecule has 0 fully saturated rings. The molecule has 2 rings (SSSR count). The Morgan fingerprint density at radius 3 is 3.00 bits per heavy atom. The topological polar surface area (TPSA) is 26.3 Å². The Labute approximate surface area is 75.1 Å². The molecule has 2 nitrogen and oxygen atoms in total. The smallest absolute Gasteiger partial charge is 0.318 e. The summed E-state index contributed by atoms with van der Waals surface area (Å²) in [7, 11) is 0. The summed E-state index contributed by atoms with van der Waals surface area (Å²) < 4.78 is 4.98. The first kappa shape index (κ1) is 7.62. The standard InChI is InChI=1S/C9H7ClO2/c1-5-7-4-6(10)2-3-8(7)12-9(5)11/h2-5H,1H3/t5-/m1/s1. The number of rotatable bonds is 0. The predicted octanol–water partition coefficient (Wildman–Crippen LogP) is 2.36. The van der Waals surface area contributed by atoms with Gasteiger partial charge in [-0.05, 0) is 25.1 Å². The second kappa shape index (κ2) is 2.49. The molecule has 0 unspecified atom stereocenters. The first-order valence-corrected chi connectivity index (χ1v) is 4.07. The summed E-state index contributed by atoms with van der Waals surface area (Å²) in [5.41, 5.74) is 0.882. The average Bonchev–Trinajstić information content (AvgIpc) is 2.31. The Bertz CT molecular complexity index is 346. The zero-order valence-corrected chi connectivity index (χ0v) is 7.26. The SMILES string of the molecule is C[C@H]1C(=O)Oc2ccc(Cl)cc21. The van der Waals surface area contributed by atoms with E-state index in [-0.39, 0.29) is 11.9 Å². The molecule has 1 aromatic rings. The zero-order chi connectivity index (χ0) is 8.72. The molecule has 0 saturated carbocycles. The molecule has 62 valence electrons. The molecule has 0 N–H and O–H groups in total. The molecule has 1 atom stereocenters. The van der Waals surface area contributed by atoms with Crippen molar-refractivity contribution >= 4 is 17.6 Å². The molecule has 0 aliphatic carbocycles. The summed E-state index contributed by atoms with van der Waals surface area (Å²) in [6.45, 7) is 1.81. The van der Waals surface area contributed by atoms with Gasteiger partial charge in [0.25, 0.3) is 0 Å². The molecule has 0 spiro atoms. The van der Waals surface area contributed by atoms with Crippen LogP contribution in [0.2, 0.25) is 5.02 Å². The third-order valence-electron chi connectivity index (χ3n) is 2.00. The van der Waals surface area contributed by atoms with Crippen molar-refractivity contribution in [2.45, 2.75) is 12.8 Å². The highest BCUT2D eigenvalue weighted by molar-refractivity contribution is 6.30. The molecule has 12 heavy (non-hydrogen) atoms. The Balaban J connectivity index is 2.55. The van der Waals surface area contributed by atoms with E-state index in [9.17, 15) is 4.79 Å². The third-order valence-corrected chi connectivity index (χ3v) is 2.24. The van der Waals surface area contributed by atoms with E-state index in [2.05, 4.69) is 0 Å². The molecule has 0 radical (unpaired) electrons. The lowest BCUT2D eigenvalue weighted by atomic mass is 10.0. The van der Waals surface area contributed by atoms with E-state index < -0.39 is 0 Å². The van der Waals surface area contributed by atoms with Crippen LogP contribution < -0.4 is 4.74 Å². The van der Waals surface area contributed by atoms with Crippen LogP contribution in [0.5, 0.6) is 5.75 Å². The fraction of sp³-hybridized carbons (Fsp3) is 0.222. The molecule has 3 heteroatoms. The van der Waals surface area contributed by atoms with Crippen molar-refractivity contribution in [3.63, 3.8) is 0 Å². The number of carbonyl (C=O) groups is 1. The van der Waals surface area contributed by atoms with Crippen LogP contribution in [0.1, 0.15) is 18.4 Å². The molecule has 0 amide bonds. The minimum atomic E-state index is -0.202. The molecule has 1 aliphatic heterocycles. The molecule has 1 heterocycles. The summed E-state index contributed by atoms with van der Waals surface area (Å²) in [6, 6.07) is 5.21. The van der Waals surface area contributed by atoms with Crippen LogP contribution in [0, 0.1) is 0 Å². The highest BCUT2D eigenvalue weighted by atomic mass is 35.5. The molecule has 0 saturated heterocycles. The van der Waals surface area contributed by atoms with Gasteiger partial charge in [-0.2, -0.15) is 0 Å². The minimum Gasteiger partial charge on any atom is -0.426 e. The fourth-order valence-electron chi connectivity index (χ4n) is 1.27. The summed E-state index contributed by atoms with van der Waals surface area (Å²) in [5.74, 6) is 0.253. The number of esters is 1. The van der Waals surface area contributed by atoms with Crippen molar-refractivity contribution in [2.24, 2.45) is 0 Å². The van der Waals surface area contributed by atoms with Crippen LogP contribution in [0.25, 0.3) is 0 Å². The first-order valence-electron chi connectivity index (χ1n) is 3.69. The fourth-order valence-corrected chi connectivity index (χ4v) is 1.45. The first-order chi connectivity index (χ1) is 5.68. The largest absolute Gasteiger partial charge is 0.426 e. The van der Waals surface area contributed by atoms with Gasteiger partial charge in [0.1, 0.15) is 5.75 Å². The van der Waals surface area contributed by atoms with Gasteiger partial charge in [-0.3, -0.25) is 4.79 Å². The van der Waals surface area contributed by atoms with Crippen LogP contribution in [0.15, 0.2) is 18.2 Å². The molecular formula is C9H7ClO2. The quantitative estimate of drug-likeness (QED) is 0.455. The van der Waals surface area contributed by atoms with Crippen LogP contribution in [0.4, 0.5) is 0 Å². The van der Waals surface area contributed by atoms with Crippen LogP contribution >= 0.6 is 11.6 Å². The number of fused-ring (bicyclic) bond motifs is 1. The monoisotopic (exact) mass is 182 g/mol. The van der Waals surface area contributed by atoms with Gasteiger partial charge in [-0.15, -0.1) is 0 Å². The van der Waals surface area contributed by atoms with Crippen molar-refractivity contribution < 1.29 is 9.53 Å². The summed E-state index contributed by atoms with van der Waals surface area (Å²) in [5, 5.41) is 0.638. The summed E-state index contributed by atoms with van der Waals surface area (Å²) >= 11 is 5.77. The summed E-state index contributed by atoms with van der Waals surface area (Å²) in [6.07, 6.45) is 0. The molecule has 0 bridgehead atoms.